The lowest BCUT2D eigenvalue weighted by Gasteiger charge is -2.40. The summed E-state index contributed by atoms with van der Waals surface area (Å²) in [7, 11) is -3.37. The van der Waals surface area contributed by atoms with Gasteiger partial charge in [0.05, 0.1) is 11.2 Å². The Hall–Kier alpha value is -2.19. The van der Waals surface area contributed by atoms with E-state index in [-0.39, 0.29) is 18.2 Å². The summed E-state index contributed by atoms with van der Waals surface area (Å²) in [6, 6.07) is 9.82. The molecule has 1 fully saturated rings. The van der Waals surface area contributed by atoms with E-state index in [1.54, 1.807) is 6.92 Å². The van der Waals surface area contributed by atoms with Gasteiger partial charge in [-0.3, -0.25) is 4.79 Å². The topological polar surface area (TPSA) is 92.5 Å². The molecule has 1 saturated heterocycles. The Morgan fingerprint density at radius 2 is 2.00 bits per heavy atom. The molecule has 1 amide bonds. The molecule has 0 saturated carbocycles. The maximum atomic E-state index is 13.0. The van der Waals surface area contributed by atoms with Gasteiger partial charge in [-0.2, -0.15) is 0 Å². The summed E-state index contributed by atoms with van der Waals surface area (Å²) >= 11 is 0. The molecule has 0 unspecified atom stereocenters. The van der Waals surface area contributed by atoms with Crippen molar-refractivity contribution in [1.82, 2.24) is 14.8 Å². The molecule has 1 aromatic heterocycles. The number of sulfonamides is 1. The van der Waals surface area contributed by atoms with Crippen LogP contribution in [-0.2, 0) is 21.2 Å². The molecule has 7 nitrogen and oxygen atoms in total. The van der Waals surface area contributed by atoms with Crippen LogP contribution in [0.25, 0.3) is 11.3 Å². The fraction of sp³-hybridized carbons (Fsp3) is 0.524. The summed E-state index contributed by atoms with van der Waals surface area (Å²) < 4.78 is 31.9. The lowest BCUT2D eigenvalue weighted by atomic mass is 9.76. The second-order valence-corrected chi connectivity index (χ2v) is 9.96. The zero-order valence-electron chi connectivity index (χ0n) is 17.3. The zero-order valence-corrected chi connectivity index (χ0v) is 18.1. The van der Waals surface area contributed by atoms with Crippen LogP contribution in [0, 0.1) is 12.3 Å². The Bertz CT molecular complexity index is 953. The van der Waals surface area contributed by atoms with E-state index in [0.29, 0.717) is 43.8 Å². The van der Waals surface area contributed by atoms with Crippen molar-refractivity contribution in [3.63, 3.8) is 0 Å². The van der Waals surface area contributed by atoms with Gasteiger partial charge in [-0.25, -0.2) is 12.7 Å². The molecule has 2 heterocycles. The largest absolute Gasteiger partial charge is 0.361 e. The number of amides is 1. The molecule has 1 atom stereocenters. The number of nitrogens with zero attached hydrogens (tertiary/aromatic N) is 2. The predicted molar refractivity (Wildman–Crippen MR) is 112 cm³/mol. The molecule has 1 aliphatic rings. The monoisotopic (exact) mass is 419 g/mol. The fourth-order valence-electron chi connectivity index (χ4n) is 3.86. The minimum atomic E-state index is -3.37. The quantitative estimate of drug-likeness (QED) is 0.745. The van der Waals surface area contributed by atoms with Crippen LogP contribution in [0.1, 0.15) is 38.0 Å². The average Bonchev–Trinajstić information content (AvgIpc) is 3.17. The predicted octanol–water partition coefficient (Wildman–Crippen LogP) is 2.76. The summed E-state index contributed by atoms with van der Waals surface area (Å²) in [5, 5.41) is 7.05. The van der Waals surface area contributed by atoms with Crippen molar-refractivity contribution in [3.05, 3.63) is 41.7 Å². The average molecular weight is 420 g/mol. The van der Waals surface area contributed by atoms with Crippen LogP contribution < -0.4 is 5.32 Å². The van der Waals surface area contributed by atoms with Crippen molar-refractivity contribution in [2.45, 2.75) is 40.0 Å². The van der Waals surface area contributed by atoms with Crippen molar-refractivity contribution in [2.75, 3.05) is 25.4 Å². The van der Waals surface area contributed by atoms with Gasteiger partial charge < -0.3 is 9.84 Å². The van der Waals surface area contributed by atoms with Crippen molar-refractivity contribution in [1.29, 1.82) is 0 Å². The van der Waals surface area contributed by atoms with Crippen LogP contribution in [0.4, 0.5) is 0 Å². The Kier molecular flexibility index (Phi) is 6.43. The van der Waals surface area contributed by atoms with Gasteiger partial charge in [0.25, 0.3) is 0 Å². The second kappa shape index (κ2) is 8.67. The number of aryl methyl sites for hydroxylation is 1. The van der Waals surface area contributed by atoms with E-state index in [1.165, 1.54) is 4.31 Å². The molecule has 1 aromatic carbocycles. The maximum Gasteiger partial charge on any atom is 0.228 e. The van der Waals surface area contributed by atoms with E-state index in [9.17, 15) is 13.2 Å². The molecule has 0 aliphatic carbocycles. The zero-order chi connectivity index (χ0) is 21.1. The molecule has 29 heavy (non-hydrogen) atoms. The maximum absolute atomic E-state index is 13.0. The Balaban J connectivity index is 1.88. The number of piperidine rings is 1. The van der Waals surface area contributed by atoms with Gasteiger partial charge in [0.2, 0.25) is 15.9 Å². The molecule has 2 aromatic rings. The van der Waals surface area contributed by atoms with Crippen LogP contribution in [0.5, 0.6) is 0 Å². The van der Waals surface area contributed by atoms with Gasteiger partial charge in [-0.1, -0.05) is 35.0 Å². The van der Waals surface area contributed by atoms with Gasteiger partial charge >= 0.3 is 0 Å². The molecule has 158 valence electrons. The first-order valence-electron chi connectivity index (χ1n) is 10.1. The molecule has 1 N–H and O–H groups in total. The van der Waals surface area contributed by atoms with E-state index < -0.39 is 15.4 Å². The molecular formula is C21H29N3O4S. The van der Waals surface area contributed by atoms with Crippen molar-refractivity contribution in [2.24, 2.45) is 5.41 Å². The van der Waals surface area contributed by atoms with Gasteiger partial charge in [0.15, 0.2) is 0 Å². The van der Waals surface area contributed by atoms with Gasteiger partial charge in [-0.05, 0) is 33.6 Å². The first kappa shape index (κ1) is 21.5. The summed E-state index contributed by atoms with van der Waals surface area (Å²) in [5.74, 6) is 0.477. The SMILES string of the molecule is CCNC(=O)[C@@]1(Cc2cc(-c3ccc(C)cc3)no2)CCCN(S(=O)(=O)CC)C1. The lowest BCUT2D eigenvalue weighted by Crippen LogP contribution is -2.54. The van der Waals surface area contributed by atoms with Crippen LogP contribution in [-0.4, -0.2) is 49.2 Å². The Labute approximate surface area is 172 Å². The van der Waals surface area contributed by atoms with Crippen LogP contribution in [0.2, 0.25) is 0 Å². The Morgan fingerprint density at radius 3 is 2.66 bits per heavy atom. The third-order valence-corrected chi connectivity index (χ3v) is 7.37. The molecule has 0 bridgehead atoms. The molecule has 0 radical (unpaired) electrons. The number of hydrogen-bond acceptors (Lipinski definition) is 5. The van der Waals surface area contributed by atoms with Crippen LogP contribution in [0.3, 0.4) is 0 Å². The van der Waals surface area contributed by atoms with E-state index in [4.69, 9.17) is 4.52 Å². The molecular weight excluding hydrogens is 390 g/mol. The standard InChI is InChI=1S/C21H29N3O4S/c1-4-22-20(25)21(11-6-12-24(15-21)29(26,27)5-2)14-18-13-19(23-28-18)17-9-7-16(3)8-10-17/h7-10,13H,4-6,11-12,14-15H2,1-3H3,(H,22,25)/t21-/m1/s1. The highest BCUT2D eigenvalue weighted by Gasteiger charge is 2.45. The van der Waals surface area contributed by atoms with E-state index in [0.717, 1.165) is 11.1 Å². The van der Waals surface area contributed by atoms with Crippen molar-refractivity contribution < 1.29 is 17.7 Å². The minimum Gasteiger partial charge on any atom is -0.361 e. The Morgan fingerprint density at radius 1 is 1.28 bits per heavy atom. The number of carbonyl (C=O) groups excluding carboxylic acids is 1. The first-order chi connectivity index (χ1) is 13.8. The summed E-state index contributed by atoms with van der Waals surface area (Å²) in [4.78, 5) is 13.0. The highest BCUT2D eigenvalue weighted by atomic mass is 32.2. The summed E-state index contributed by atoms with van der Waals surface area (Å²) in [6.45, 7) is 6.61. The van der Waals surface area contributed by atoms with Crippen molar-refractivity contribution in [3.8, 4) is 11.3 Å². The van der Waals surface area contributed by atoms with Gasteiger partial charge in [0.1, 0.15) is 11.5 Å². The molecule has 0 spiro atoms. The number of nitrogens with one attached hydrogen (secondary N) is 1. The first-order valence-corrected chi connectivity index (χ1v) is 11.7. The number of aromatic nitrogens is 1. The highest BCUT2D eigenvalue weighted by molar-refractivity contribution is 7.89. The number of benzene rings is 1. The normalized spacial score (nSPS) is 20.5. The van der Waals surface area contributed by atoms with Gasteiger partial charge in [-0.15, -0.1) is 0 Å². The highest BCUT2D eigenvalue weighted by Crippen LogP contribution is 2.36. The second-order valence-electron chi connectivity index (χ2n) is 7.70. The smallest absolute Gasteiger partial charge is 0.228 e. The fourth-order valence-corrected chi connectivity index (χ4v) is 5.07. The lowest BCUT2D eigenvalue weighted by molar-refractivity contribution is -0.133. The van der Waals surface area contributed by atoms with E-state index >= 15 is 0 Å². The number of hydrogen-bond donors (Lipinski definition) is 1. The minimum absolute atomic E-state index is 0.0261. The molecule has 8 heteroatoms. The number of carbonyl (C=O) groups is 1. The van der Waals surface area contributed by atoms with Crippen molar-refractivity contribution >= 4 is 15.9 Å². The summed E-state index contributed by atoms with van der Waals surface area (Å²) in [6.07, 6.45) is 1.55. The molecule has 3 rings (SSSR count). The third-order valence-electron chi connectivity index (χ3n) is 5.54. The van der Waals surface area contributed by atoms with Crippen LogP contribution >= 0.6 is 0 Å². The number of rotatable bonds is 7. The molecule has 1 aliphatic heterocycles. The van der Waals surface area contributed by atoms with Crippen LogP contribution in [0.15, 0.2) is 34.9 Å². The van der Waals surface area contributed by atoms with E-state index in [2.05, 4.69) is 10.5 Å². The van der Waals surface area contributed by atoms with Gasteiger partial charge in [0, 0.05) is 37.7 Å². The third kappa shape index (κ3) is 4.70. The van der Waals surface area contributed by atoms with E-state index in [1.807, 2.05) is 44.2 Å². The summed E-state index contributed by atoms with van der Waals surface area (Å²) in [5.41, 5.74) is 1.95.